The van der Waals surface area contributed by atoms with E-state index in [-0.39, 0.29) is 0 Å². The highest BCUT2D eigenvalue weighted by atomic mass is 16.5. The number of carbonyl (C=O) groups excluding carboxylic acids is 1. The molecule has 3 nitrogen and oxygen atoms in total. The van der Waals surface area contributed by atoms with Gasteiger partial charge in [0.05, 0.1) is 7.11 Å². The Morgan fingerprint density at radius 2 is 2.50 bits per heavy atom. The van der Waals surface area contributed by atoms with E-state index in [1.165, 1.54) is 7.11 Å². The monoisotopic (exact) mass is 167 g/mol. The zero-order chi connectivity index (χ0) is 8.81. The SMILES string of the molecule is COC(=O)C#CC1CCCNC1. The molecule has 1 heterocycles. The molecule has 0 bridgehead atoms. The summed E-state index contributed by atoms with van der Waals surface area (Å²) in [5.41, 5.74) is 0. The first-order chi connectivity index (χ1) is 5.83. The molecule has 1 fully saturated rings. The summed E-state index contributed by atoms with van der Waals surface area (Å²) in [6.07, 6.45) is 2.22. The lowest BCUT2D eigenvalue weighted by molar-refractivity contribution is -0.133. The van der Waals surface area contributed by atoms with Crippen molar-refractivity contribution in [3.63, 3.8) is 0 Å². The second kappa shape index (κ2) is 4.78. The van der Waals surface area contributed by atoms with Crippen molar-refractivity contribution < 1.29 is 9.53 Å². The van der Waals surface area contributed by atoms with Gasteiger partial charge < -0.3 is 10.1 Å². The topological polar surface area (TPSA) is 38.3 Å². The predicted octanol–water partition coefficient (Wildman–Crippen LogP) is 0.162. The zero-order valence-electron chi connectivity index (χ0n) is 7.22. The molecule has 0 aliphatic carbocycles. The van der Waals surface area contributed by atoms with Crippen molar-refractivity contribution in [3.05, 3.63) is 0 Å². The van der Waals surface area contributed by atoms with Gasteiger partial charge in [0.15, 0.2) is 0 Å². The molecule has 1 N–H and O–H groups in total. The van der Waals surface area contributed by atoms with Crippen LogP contribution in [0.2, 0.25) is 0 Å². The van der Waals surface area contributed by atoms with Crippen LogP contribution in [0.15, 0.2) is 0 Å². The summed E-state index contributed by atoms with van der Waals surface area (Å²) in [6.45, 7) is 1.96. The summed E-state index contributed by atoms with van der Waals surface area (Å²) >= 11 is 0. The minimum Gasteiger partial charge on any atom is -0.459 e. The van der Waals surface area contributed by atoms with Gasteiger partial charge in [0, 0.05) is 18.4 Å². The minimum atomic E-state index is -0.444. The third kappa shape index (κ3) is 2.93. The third-order valence-corrected chi connectivity index (χ3v) is 1.86. The van der Waals surface area contributed by atoms with Crippen LogP contribution in [0.3, 0.4) is 0 Å². The van der Waals surface area contributed by atoms with Gasteiger partial charge in [-0.25, -0.2) is 4.79 Å². The summed E-state index contributed by atoms with van der Waals surface area (Å²) in [7, 11) is 1.34. The lowest BCUT2D eigenvalue weighted by Gasteiger charge is -2.17. The molecule has 0 aromatic heterocycles. The fraction of sp³-hybridized carbons (Fsp3) is 0.667. The van der Waals surface area contributed by atoms with Gasteiger partial charge in [-0.05, 0) is 19.4 Å². The van der Waals surface area contributed by atoms with E-state index in [0.29, 0.717) is 5.92 Å². The molecule has 3 heteroatoms. The average Bonchev–Trinajstić information content (AvgIpc) is 2.16. The van der Waals surface area contributed by atoms with Crippen molar-refractivity contribution in [2.24, 2.45) is 5.92 Å². The molecule has 0 radical (unpaired) electrons. The Morgan fingerprint density at radius 3 is 3.08 bits per heavy atom. The van der Waals surface area contributed by atoms with Gasteiger partial charge >= 0.3 is 5.97 Å². The van der Waals surface area contributed by atoms with Gasteiger partial charge in [-0.15, -0.1) is 0 Å². The van der Waals surface area contributed by atoms with Crippen LogP contribution in [0.5, 0.6) is 0 Å². The van der Waals surface area contributed by atoms with Crippen LogP contribution in [-0.4, -0.2) is 26.2 Å². The Bertz CT molecular complexity index is 208. The molecule has 1 aliphatic rings. The van der Waals surface area contributed by atoms with E-state index in [9.17, 15) is 4.79 Å². The minimum absolute atomic E-state index is 0.317. The largest absolute Gasteiger partial charge is 0.459 e. The quantitative estimate of drug-likeness (QED) is 0.317. The number of carbonyl (C=O) groups is 1. The van der Waals surface area contributed by atoms with Gasteiger partial charge in [0.25, 0.3) is 0 Å². The highest BCUT2D eigenvalue weighted by Gasteiger charge is 2.09. The van der Waals surface area contributed by atoms with Crippen LogP contribution >= 0.6 is 0 Å². The Morgan fingerprint density at radius 1 is 1.67 bits per heavy atom. The molecule has 1 aliphatic heterocycles. The van der Waals surface area contributed by atoms with Crippen LogP contribution in [-0.2, 0) is 9.53 Å². The fourth-order valence-electron chi connectivity index (χ4n) is 1.19. The van der Waals surface area contributed by atoms with Crippen molar-refractivity contribution >= 4 is 5.97 Å². The second-order valence-corrected chi connectivity index (χ2v) is 2.80. The van der Waals surface area contributed by atoms with Gasteiger partial charge in [-0.3, -0.25) is 0 Å². The normalized spacial score (nSPS) is 22.2. The molecule has 0 amide bonds. The molecule has 0 saturated carbocycles. The Hall–Kier alpha value is -1.01. The molecule has 0 aromatic carbocycles. The van der Waals surface area contributed by atoms with Gasteiger partial charge in [-0.2, -0.15) is 0 Å². The first-order valence-electron chi connectivity index (χ1n) is 4.13. The van der Waals surface area contributed by atoms with E-state index < -0.39 is 5.97 Å². The van der Waals surface area contributed by atoms with Crippen molar-refractivity contribution in [1.29, 1.82) is 0 Å². The maximum absolute atomic E-state index is 10.6. The highest BCUT2D eigenvalue weighted by molar-refractivity contribution is 5.88. The number of esters is 1. The summed E-state index contributed by atoms with van der Waals surface area (Å²) in [5.74, 6) is 5.21. The maximum Gasteiger partial charge on any atom is 0.384 e. The Balaban J connectivity index is 2.35. The van der Waals surface area contributed by atoms with E-state index in [2.05, 4.69) is 21.9 Å². The lowest BCUT2D eigenvalue weighted by atomic mass is 10.0. The number of piperidine rings is 1. The Labute approximate surface area is 72.5 Å². The summed E-state index contributed by atoms with van der Waals surface area (Å²) in [6, 6.07) is 0. The van der Waals surface area contributed by atoms with E-state index in [1.54, 1.807) is 0 Å². The first-order valence-corrected chi connectivity index (χ1v) is 4.13. The zero-order valence-corrected chi connectivity index (χ0v) is 7.22. The van der Waals surface area contributed by atoms with Crippen LogP contribution in [0.1, 0.15) is 12.8 Å². The Kier molecular flexibility index (Phi) is 3.62. The van der Waals surface area contributed by atoms with E-state index in [4.69, 9.17) is 0 Å². The van der Waals surface area contributed by atoms with Crippen molar-refractivity contribution in [1.82, 2.24) is 5.32 Å². The standard InChI is InChI=1S/C9H13NO2/c1-12-9(11)5-4-8-3-2-6-10-7-8/h8,10H,2-3,6-7H2,1H3. The number of rotatable bonds is 0. The molecule has 1 unspecified atom stereocenters. The van der Waals surface area contributed by atoms with Crippen molar-refractivity contribution in [2.45, 2.75) is 12.8 Å². The average molecular weight is 167 g/mol. The van der Waals surface area contributed by atoms with E-state index in [1.807, 2.05) is 0 Å². The molecule has 1 rings (SSSR count). The molecular weight excluding hydrogens is 154 g/mol. The smallest absolute Gasteiger partial charge is 0.384 e. The molecule has 1 atom stereocenters. The van der Waals surface area contributed by atoms with Crippen LogP contribution < -0.4 is 5.32 Å². The molecule has 0 spiro atoms. The van der Waals surface area contributed by atoms with Gasteiger partial charge in [-0.1, -0.05) is 5.92 Å². The highest BCUT2D eigenvalue weighted by Crippen LogP contribution is 2.07. The molecule has 12 heavy (non-hydrogen) atoms. The number of hydrogen-bond acceptors (Lipinski definition) is 3. The molecule has 1 saturated heterocycles. The van der Waals surface area contributed by atoms with Crippen molar-refractivity contribution in [2.75, 3.05) is 20.2 Å². The number of ether oxygens (including phenoxy) is 1. The van der Waals surface area contributed by atoms with Crippen molar-refractivity contribution in [3.8, 4) is 11.8 Å². The first kappa shape index (κ1) is 9.08. The predicted molar refractivity (Wildman–Crippen MR) is 45.4 cm³/mol. The maximum atomic E-state index is 10.6. The summed E-state index contributed by atoms with van der Waals surface area (Å²) in [5, 5.41) is 3.22. The molecular formula is C9H13NO2. The number of hydrogen-bond donors (Lipinski definition) is 1. The fourth-order valence-corrected chi connectivity index (χ4v) is 1.19. The summed E-state index contributed by atoms with van der Waals surface area (Å²) < 4.78 is 4.41. The van der Waals surface area contributed by atoms with E-state index in [0.717, 1.165) is 25.9 Å². The summed E-state index contributed by atoms with van der Waals surface area (Å²) in [4.78, 5) is 10.6. The van der Waals surface area contributed by atoms with Crippen LogP contribution in [0.25, 0.3) is 0 Å². The molecule has 0 aromatic rings. The lowest BCUT2D eigenvalue weighted by Crippen LogP contribution is -2.28. The van der Waals surface area contributed by atoms with Crippen LogP contribution in [0.4, 0.5) is 0 Å². The van der Waals surface area contributed by atoms with E-state index >= 15 is 0 Å². The second-order valence-electron chi connectivity index (χ2n) is 2.80. The van der Waals surface area contributed by atoms with Gasteiger partial charge in [0.1, 0.15) is 0 Å². The molecule has 66 valence electrons. The third-order valence-electron chi connectivity index (χ3n) is 1.86. The van der Waals surface area contributed by atoms with Crippen LogP contribution in [0, 0.1) is 17.8 Å². The van der Waals surface area contributed by atoms with Gasteiger partial charge in [0.2, 0.25) is 0 Å². The number of methoxy groups -OCH3 is 1. The number of nitrogens with one attached hydrogen (secondary N) is 1.